The lowest BCUT2D eigenvalue weighted by Gasteiger charge is -2.49. The smallest absolute Gasteiger partial charge is 0.283 e. The van der Waals surface area contributed by atoms with Gasteiger partial charge in [-0.15, -0.1) is 0 Å². The van der Waals surface area contributed by atoms with Crippen molar-refractivity contribution in [2.75, 3.05) is 43.5 Å². The molecule has 2 aliphatic rings. The Morgan fingerprint density at radius 2 is 1.94 bits per heavy atom. The molecule has 1 saturated heterocycles. The quantitative estimate of drug-likeness (QED) is 0.286. The van der Waals surface area contributed by atoms with Crippen LogP contribution in [0.15, 0.2) is 53.5 Å². The van der Waals surface area contributed by atoms with Gasteiger partial charge < -0.3 is 25.1 Å². The van der Waals surface area contributed by atoms with E-state index >= 15 is 4.39 Å². The maximum absolute atomic E-state index is 15.3. The summed E-state index contributed by atoms with van der Waals surface area (Å²) in [6.07, 6.45) is 4.89. The summed E-state index contributed by atoms with van der Waals surface area (Å²) in [7, 11) is 3.33. The van der Waals surface area contributed by atoms with Gasteiger partial charge >= 0.3 is 0 Å². The average Bonchev–Trinajstić information content (AvgIpc) is 3.03. The third-order valence-electron chi connectivity index (χ3n) is 9.05. The fraction of sp³-hybridized carbons (Fsp3) is 0.343. The number of rotatable bonds is 6. The highest BCUT2D eigenvalue weighted by molar-refractivity contribution is 6.34. The van der Waals surface area contributed by atoms with Gasteiger partial charge in [0.2, 0.25) is 5.91 Å². The zero-order valence-electron chi connectivity index (χ0n) is 27.6. The molecule has 11 nitrogen and oxygen atoms in total. The third kappa shape index (κ3) is 5.29. The first-order chi connectivity index (χ1) is 22.9. The number of piperazine rings is 1. The molecule has 0 unspecified atom stereocenters. The van der Waals surface area contributed by atoms with E-state index in [1.165, 1.54) is 33.7 Å². The summed E-state index contributed by atoms with van der Waals surface area (Å²) in [5.41, 5.74) is 1.80. The normalized spacial score (nSPS) is 17.9. The maximum atomic E-state index is 15.3. The van der Waals surface area contributed by atoms with Gasteiger partial charge in [-0.05, 0) is 56.6 Å². The Morgan fingerprint density at radius 3 is 2.62 bits per heavy atom. The van der Waals surface area contributed by atoms with E-state index in [-0.39, 0.29) is 70.2 Å². The van der Waals surface area contributed by atoms with E-state index in [1.807, 2.05) is 32.6 Å². The third-order valence-corrected chi connectivity index (χ3v) is 9.34. The van der Waals surface area contributed by atoms with E-state index in [9.17, 15) is 19.5 Å². The molecule has 0 bridgehead atoms. The van der Waals surface area contributed by atoms with Crippen LogP contribution in [0.5, 0.6) is 5.75 Å². The number of phenolic OH excluding ortho intramolecular Hbond substituents is 1. The number of fused-ring (bicyclic) bond motifs is 5. The first kappa shape index (κ1) is 33.1. The molecule has 2 amide bonds. The van der Waals surface area contributed by atoms with Crippen LogP contribution in [-0.2, 0) is 9.59 Å². The Hall–Kier alpha value is -4.81. The molecule has 2 atom stereocenters. The SMILES string of the molecule is CNC/C=C/C(=O)N1C[C@@H]2C(=O)N(C)c3c(c4cc(Cl)c(-c5c(O)cccc5F)nc4n(-c4c(C)ccnc4C(C)C)c3=O)N2C[C@H]1C. The summed E-state index contributed by atoms with van der Waals surface area (Å²) in [4.78, 5) is 56.4. The number of aromatic hydroxyl groups is 1. The number of pyridine rings is 3. The van der Waals surface area contributed by atoms with Crippen molar-refractivity contribution in [1.82, 2.24) is 24.8 Å². The molecule has 0 saturated carbocycles. The minimum Gasteiger partial charge on any atom is -0.507 e. The molecule has 0 radical (unpaired) electrons. The average molecular weight is 674 g/mol. The van der Waals surface area contributed by atoms with Crippen molar-refractivity contribution < 1.29 is 19.1 Å². The number of benzene rings is 1. The molecule has 5 heterocycles. The van der Waals surface area contributed by atoms with Crippen molar-refractivity contribution in [3.05, 3.63) is 81.1 Å². The van der Waals surface area contributed by atoms with Gasteiger partial charge in [-0.25, -0.2) is 9.37 Å². The summed E-state index contributed by atoms with van der Waals surface area (Å²) >= 11 is 6.86. The van der Waals surface area contributed by atoms with Gasteiger partial charge in [-0.3, -0.25) is 23.9 Å². The lowest BCUT2D eigenvalue weighted by Crippen LogP contribution is -2.66. The van der Waals surface area contributed by atoms with Gasteiger partial charge in [-0.2, -0.15) is 0 Å². The Bertz CT molecular complexity index is 2040. The van der Waals surface area contributed by atoms with Gasteiger partial charge in [0.15, 0.2) is 5.65 Å². The highest BCUT2D eigenvalue weighted by atomic mass is 35.5. The Kier molecular flexibility index (Phi) is 8.73. The molecule has 2 N–H and O–H groups in total. The Labute approximate surface area is 282 Å². The monoisotopic (exact) mass is 673 g/mol. The van der Waals surface area contributed by atoms with Crippen LogP contribution in [-0.4, -0.2) is 82.2 Å². The molecule has 0 spiro atoms. The fourth-order valence-electron chi connectivity index (χ4n) is 6.71. The first-order valence-electron chi connectivity index (χ1n) is 15.8. The van der Waals surface area contributed by atoms with Crippen LogP contribution in [0.4, 0.5) is 15.8 Å². The minimum atomic E-state index is -0.792. The molecule has 2 aliphatic heterocycles. The number of likely N-dealkylation sites (N-methyl/N-ethyl adjacent to an activating group) is 2. The van der Waals surface area contributed by atoms with Gasteiger partial charge in [-0.1, -0.05) is 37.6 Å². The summed E-state index contributed by atoms with van der Waals surface area (Å²) in [5.74, 6) is -1.75. The van der Waals surface area contributed by atoms with Crippen molar-refractivity contribution in [3.8, 4) is 22.7 Å². The van der Waals surface area contributed by atoms with Crippen molar-refractivity contribution >= 4 is 45.8 Å². The molecule has 1 aromatic carbocycles. The van der Waals surface area contributed by atoms with E-state index in [1.54, 1.807) is 43.4 Å². The fourth-order valence-corrected chi connectivity index (χ4v) is 6.96. The van der Waals surface area contributed by atoms with Crippen molar-refractivity contribution in [3.63, 3.8) is 0 Å². The topological polar surface area (TPSA) is 124 Å². The number of halogens is 2. The zero-order valence-corrected chi connectivity index (χ0v) is 28.3. The largest absolute Gasteiger partial charge is 0.507 e. The number of aryl methyl sites for hydroxylation is 1. The highest BCUT2D eigenvalue weighted by Crippen LogP contribution is 2.45. The van der Waals surface area contributed by atoms with Crippen molar-refractivity contribution in [1.29, 1.82) is 0 Å². The predicted molar refractivity (Wildman–Crippen MR) is 185 cm³/mol. The van der Waals surface area contributed by atoms with Crippen LogP contribution in [0, 0.1) is 12.7 Å². The second-order valence-electron chi connectivity index (χ2n) is 12.5. The lowest BCUT2D eigenvalue weighted by molar-refractivity contribution is -0.130. The van der Waals surface area contributed by atoms with Gasteiger partial charge in [0.25, 0.3) is 11.5 Å². The standard InChI is InChI=1S/C35H37ClFN7O4/c1-18(2)28-30(19(3)12-14-39-28)44-33-21(15-22(36)29(40-33)27-23(37)9-7-10-25(27)45)31-32(35(44)48)41(6)34(47)24-17-42(20(4)16-43(24)31)26(46)11-8-13-38-5/h7-12,14-15,18,20,24,38,45H,13,16-17H2,1-6H3/b11-8+/t20-,24-/m1/s1. The maximum Gasteiger partial charge on any atom is 0.283 e. The number of anilines is 2. The number of carbonyl (C=O) groups is 2. The number of aromatic nitrogens is 3. The Morgan fingerprint density at radius 1 is 1.19 bits per heavy atom. The minimum absolute atomic E-state index is 0.0370. The number of hydrogen-bond acceptors (Lipinski definition) is 8. The molecule has 6 rings (SSSR count). The number of hydrogen-bond donors (Lipinski definition) is 2. The van der Waals surface area contributed by atoms with Crippen LogP contribution in [0.2, 0.25) is 5.02 Å². The van der Waals surface area contributed by atoms with Crippen LogP contribution >= 0.6 is 11.6 Å². The van der Waals surface area contributed by atoms with Crippen molar-refractivity contribution in [2.45, 2.75) is 45.7 Å². The molecule has 3 aromatic heterocycles. The van der Waals surface area contributed by atoms with Gasteiger partial charge in [0.05, 0.1) is 39.9 Å². The molecule has 250 valence electrons. The molecule has 1 fully saturated rings. The number of nitrogens with one attached hydrogen (secondary N) is 1. The van der Waals surface area contributed by atoms with E-state index in [2.05, 4.69) is 10.3 Å². The molecule has 0 aliphatic carbocycles. The van der Waals surface area contributed by atoms with Crippen LogP contribution in [0.1, 0.15) is 37.9 Å². The summed E-state index contributed by atoms with van der Waals surface area (Å²) in [5, 5.41) is 14.2. The van der Waals surface area contributed by atoms with E-state index in [0.29, 0.717) is 29.0 Å². The molecular weight excluding hydrogens is 637 g/mol. The zero-order chi connectivity index (χ0) is 34.6. The van der Waals surface area contributed by atoms with Crippen LogP contribution in [0.25, 0.3) is 28.0 Å². The summed E-state index contributed by atoms with van der Waals surface area (Å²) in [6.45, 7) is 8.53. The van der Waals surface area contributed by atoms with Crippen LogP contribution < -0.4 is 20.7 Å². The summed E-state index contributed by atoms with van der Waals surface area (Å²) < 4.78 is 16.7. The number of carbonyl (C=O) groups excluding carboxylic acids is 2. The summed E-state index contributed by atoms with van der Waals surface area (Å²) in [6, 6.07) is 6.18. The van der Waals surface area contributed by atoms with Gasteiger partial charge in [0, 0.05) is 43.8 Å². The Balaban J connectivity index is 1.68. The van der Waals surface area contributed by atoms with E-state index in [4.69, 9.17) is 16.6 Å². The van der Waals surface area contributed by atoms with Crippen molar-refractivity contribution in [2.24, 2.45) is 0 Å². The highest BCUT2D eigenvalue weighted by Gasteiger charge is 2.46. The van der Waals surface area contributed by atoms with Gasteiger partial charge in [0.1, 0.15) is 23.3 Å². The number of amides is 2. The van der Waals surface area contributed by atoms with E-state index < -0.39 is 17.4 Å². The second kappa shape index (κ2) is 12.7. The molecule has 4 aromatic rings. The van der Waals surface area contributed by atoms with E-state index in [0.717, 1.165) is 5.56 Å². The number of phenols is 1. The number of nitrogens with zero attached hydrogens (tertiary/aromatic N) is 6. The molecule has 48 heavy (non-hydrogen) atoms. The first-order valence-corrected chi connectivity index (χ1v) is 16.1. The van der Waals surface area contributed by atoms with Crippen LogP contribution in [0.3, 0.4) is 0 Å². The molecule has 13 heteroatoms. The lowest BCUT2D eigenvalue weighted by atomic mass is 9.98. The molecular formula is C35H37ClFN7O4. The predicted octanol–water partition coefficient (Wildman–Crippen LogP) is 4.54. The second-order valence-corrected chi connectivity index (χ2v) is 13.0.